The van der Waals surface area contributed by atoms with Crippen molar-refractivity contribution in [2.75, 3.05) is 7.11 Å². The Bertz CT molecular complexity index is 1520. The number of hydrazone groups is 1. The SMILES string of the molecule is COc1cc(C=C2C(=N)N3N=C(c4cccnc4)SC3=NC2=O)ccc1OCc1ccccc1[N+](=O)[O-]. The van der Waals surface area contributed by atoms with Crippen molar-refractivity contribution in [2.45, 2.75) is 6.61 Å². The normalized spacial score (nSPS) is 15.8. The minimum absolute atomic E-state index is 0.0293. The fourth-order valence-corrected chi connectivity index (χ4v) is 4.51. The number of aliphatic imine (C=N–C) groups is 1. The van der Waals surface area contributed by atoms with E-state index >= 15 is 0 Å². The first-order valence-electron chi connectivity index (χ1n) is 10.9. The molecule has 1 amide bonds. The number of nitro benzene ring substituents is 1. The van der Waals surface area contributed by atoms with E-state index in [0.29, 0.717) is 32.8 Å². The molecule has 37 heavy (non-hydrogen) atoms. The summed E-state index contributed by atoms with van der Waals surface area (Å²) in [6.45, 7) is -0.0293. The third kappa shape index (κ3) is 4.82. The highest BCUT2D eigenvalue weighted by molar-refractivity contribution is 8.27. The summed E-state index contributed by atoms with van der Waals surface area (Å²) in [5.41, 5.74) is 1.79. The molecular weight excluding hydrogens is 496 g/mol. The molecule has 0 unspecified atom stereocenters. The summed E-state index contributed by atoms with van der Waals surface area (Å²) in [5.74, 6) is 0.0782. The first-order valence-corrected chi connectivity index (χ1v) is 11.7. The van der Waals surface area contributed by atoms with Crippen LogP contribution in [0.2, 0.25) is 0 Å². The van der Waals surface area contributed by atoms with Crippen LogP contribution in [0.3, 0.4) is 0 Å². The summed E-state index contributed by atoms with van der Waals surface area (Å²) in [7, 11) is 1.46. The van der Waals surface area contributed by atoms with Crippen molar-refractivity contribution in [3.63, 3.8) is 0 Å². The van der Waals surface area contributed by atoms with E-state index in [2.05, 4.69) is 15.1 Å². The number of carbonyl (C=O) groups is 1. The van der Waals surface area contributed by atoms with Gasteiger partial charge in [-0.2, -0.15) is 15.1 Å². The van der Waals surface area contributed by atoms with Crippen LogP contribution in [-0.4, -0.2) is 44.0 Å². The van der Waals surface area contributed by atoms with Gasteiger partial charge in [0, 0.05) is 24.0 Å². The van der Waals surface area contributed by atoms with Gasteiger partial charge >= 0.3 is 0 Å². The van der Waals surface area contributed by atoms with Crippen LogP contribution >= 0.6 is 11.8 Å². The van der Waals surface area contributed by atoms with Crippen LogP contribution in [0.5, 0.6) is 11.5 Å². The number of amides is 1. The van der Waals surface area contributed by atoms with Gasteiger partial charge in [0.05, 0.1) is 23.2 Å². The maximum Gasteiger partial charge on any atom is 0.283 e. The highest BCUT2D eigenvalue weighted by Gasteiger charge is 2.36. The molecule has 0 aliphatic carbocycles. The number of thioether (sulfide) groups is 1. The molecule has 0 spiro atoms. The molecule has 5 rings (SSSR count). The van der Waals surface area contributed by atoms with E-state index < -0.39 is 10.8 Å². The van der Waals surface area contributed by atoms with Crippen LogP contribution in [0.15, 0.2) is 82.7 Å². The van der Waals surface area contributed by atoms with Crippen LogP contribution in [0.4, 0.5) is 5.69 Å². The van der Waals surface area contributed by atoms with Crippen molar-refractivity contribution in [3.05, 3.63) is 99.4 Å². The molecule has 184 valence electrons. The number of amidine groups is 2. The largest absolute Gasteiger partial charge is 0.493 e. The van der Waals surface area contributed by atoms with Gasteiger partial charge in [-0.05, 0) is 53.7 Å². The number of fused-ring (bicyclic) bond motifs is 1. The molecule has 0 saturated heterocycles. The molecule has 12 heteroatoms. The first-order chi connectivity index (χ1) is 17.9. The lowest BCUT2D eigenvalue weighted by molar-refractivity contribution is -0.385. The fourth-order valence-electron chi connectivity index (χ4n) is 3.62. The highest BCUT2D eigenvalue weighted by atomic mass is 32.2. The number of methoxy groups -OCH3 is 1. The second-order valence-electron chi connectivity index (χ2n) is 7.75. The Morgan fingerprint density at radius 1 is 1.16 bits per heavy atom. The van der Waals surface area contributed by atoms with Gasteiger partial charge in [-0.1, -0.05) is 18.2 Å². The van der Waals surface area contributed by atoms with Crippen molar-refractivity contribution in [3.8, 4) is 11.5 Å². The Hall–Kier alpha value is -4.84. The third-order valence-corrected chi connectivity index (χ3v) is 6.39. The quantitative estimate of drug-likeness (QED) is 0.280. The number of nitrogens with zero attached hydrogens (tertiary/aromatic N) is 5. The highest BCUT2D eigenvalue weighted by Crippen LogP contribution is 2.33. The zero-order valence-electron chi connectivity index (χ0n) is 19.3. The number of pyridine rings is 1. The van der Waals surface area contributed by atoms with Crippen LogP contribution in [-0.2, 0) is 11.4 Å². The van der Waals surface area contributed by atoms with E-state index in [1.807, 2.05) is 6.07 Å². The summed E-state index contributed by atoms with van der Waals surface area (Å²) in [4.78, 5) is 31.7. The number of para-hydroxylation sites is 1. The van der Waals surface area contributed by atoms with E-state index in [-0.39, 0.29) is 23.7 Å². The molecule has 2 aromatic carbocycles. The van der Waals surface area contributed by atoms with Gasteiger partial charge in [0.1, 0.15) is 11.7 Å². The molecule has 1 N–H and O–H groups in total. The molecule has 11 nitrogen and oxygen atoms in total. The van der Waals surface area contributed by atoms with Crippen molar-refractivity contribution < 1.29 is 19.2 Å². The van der Waals surface area contributed by atoms with Gasteiger partial charge in [0.2, 0.25) is 5.17 Å². The average Bonchev–Trinajstić information content (AvgIpc) is 3.35. The van der Waals surface area contributed by atoms with E-state index in [9.17, 15) is 14.9 Å². The number of aromatic nitrogens is 1. The standard InChI is InChI=1S/C25H18N6O5S/c1-35-21-12-15(8-9-20(21)36-14-17-5-2-3-7-19(17)31(33)34)11-18-22(26)30-25(28-23(18)32)37-24(29-30)16-6-4-10-27-13-16/h2-13,26H,14H2,1H3. The molecule has 0 saturated carbocycles. The van der Waals surface area contributed by atoms with E-state index in [1.165, 1.54) is 36.0 Å². The van der Waals surface area contributed by atoms with Crippen LogP contribution in [0, 0.1) is 15.5 Å². The molecular formula is C25H18N6O5S. The molecule has 0 bridgehead atoms. The van der Waals surface area contributed by atoms with Crippen molar-refractivity contribution in [2.24, 2.45) is 10.1 Å². The van der Waals surface area contributed by atoms with Gasteiger partial charge in [0.25, 0.3) is 11.6 Å². The van der Waals surface area contributed by atoms with E-state index in [0.717, 1.165) is 5.56 Å². The first kappa shape index (κ1) is 23.9. The summed E-state index contributed by atoms with van der Waals surface area (Å²) in [6.07, 6.45) is 4.83. The number of rotatable bonds is 7. The fraction of sp³-hybridized carbons (Fsp3) is 0.0800. The number of hydrogen-bond donors (Lipinski definition) is 1. The van der Waals surface area contributed by atoms with Crippen LogP contribution in [0.25, 0.3) is 6.08 Å². The van der Waals surface area contributed by atoms with Gasteiger partial charge in [-0.3, -0.25) is 25.3 Å². The summed E-state index contributed by atoms with van der Waals surface area (Å²) in [6, 6.07) is 14.9. The Kier molecular flexibility index (Phi) is 6.47. The second kappa shape index (κ2) is 10.0. The second-order valence-corrected chi connectivity index (χ2v) is 8.71. The lowest BCUT2D eigenvalue weighted by Gasteiger charge is -2.20. The van der Waals surface area contributed by atoms with Gasteiger partial charge in [0.15, 0.2) is 17.3 Å². The van der Waals surface area contributed by atoms with E-state index in [1.54, 1.807) is 54.9 Å². The Labute approximate surface area is 214 Å². The molecule has 1 aromatic heterocycles. The zero-order chi connectivity index (χ0) is 25.9. The molecule has 3 heterocycles. The average molecular weight is 515 g/mol. The lowest BCUT2D eigenvalue weighted by Crippen LogP contribution is -2.35. The van der Waals surface area contributed by atoms with Gasteiger partial charge < -0.3 is 9.47 Å². The summed E-state index contributed by atoms with van der Waals surface area (Å²) in [5, 5.41) is 26.5. The number of nitro groups is 1. The molecule has 0 radical (unpaired) electrons. The van der Waals surface area contributed by atoms with Crippen molar-refractivity contribution in [1.82, 2.24) is 9.99 Å². The number of ether oxygens (including phenoxy) is 2. The smallest absolute Gasteiger partial charge is 0.283 e. The predicted octanol–water partition coefficient (Wildman–Crippen LogP) is 4.24. The Morgan fingerprint density at radius 3 is 2.76 bits per heavy atom. The maximum absolute atomic E-state index is 12.8. The molecule has 2 aliphatic rings. The van der Waals surface area contributed by atoms with Crippen LogP contribution in [0.1, 0.15) is 16.7 Å². The van der Waals surface area contributed by atoms with E-state index in [4.69, 9.17) is 14.9 Å². The topological polar surface area (TPSA) is 143 Å². The molecule has 0 atom stereocenters. The minimum Gasteiger partial charge on any atom is -0.493 e. The maximum atomic E-state index is 12.8. The monoisotopic (exact) mass is 514 g/mol. The van der Waals surface area contributed by atoms with Crippen LogP contribution < -0.4 is 9.47 Å². The predicted molar refractivity (Wildman–Crippen MR) is 139 cm³/mol. The number of nitrogens with one attached hydrogen (secondary N) is 1. The van der Waals surface area contributed by atoms with Gasteiger partial charge in [-0.25, -0.2) is 0 Å². The number of carbonyl (C=O) groups excluding carboxylic acids is 1. The van der Waals surface area contributed by atoms with Crippen molar-refractivity contribution in [1.29, 1.82) is 5.41 Å². The molecule has 3 aromatic rings. The zero-order valence-corrected chi connectivity index (χ0v) is 20.1. The molecule has 2 aliphatic heterocycles. The summed E-state index contributed by atoms with van der Waals surface area (Å²) >= 11 is 1.20. The molecule has 0 fully saturated rings. The third-order valence-electron chi connectivity index (χ3n) is 5.43. The Balaban J connectivity index is 1.38. The Morgan fingerprint density at radius 2 is 2.00 bits per heavy atom. The van der Waals surface area contributed by atoms with Gasteiger partial charge in [-0.15, -0.1) is 0 Å². The minimum atomic E-state index is -0.554. The number of hydrogen-bond acceptors (Lipinski definition) is 9. The number of benzene rings is 2. The van der Waals surface area contributed by atoms with Crippen molar-refractivity contribution >= 4 is 45.5 Å². The summed E-state index contributed by atoms with van der Waals surface area (Å²) < 4.78 is 11.2. The lowest BCUT2D eigenvalue weighted by atomic mass is 10.1.